The summed E-state index contributed by atoms with van der Waals surface area (Å²) in [6, 6.07) is 11.7. The van der Waals surface area contributed by atoms with Crippen molar-refractivity contribution in [1.29, 1.82) is 0 Å². The number of ether oxygens (including phenoxy) is 2. The van der Waals surface area contributed by atoms with Crippen LogP contribution in [0.2, 0.25) is 0 Å². The highest BCUT2D eigenvalue weighted by molar-refractivity contribution is 6.09. The molecule has 0 unspecified atom stereocenters. The van der Waals surface area contributed by atoms with Gasteiger partial charge in [0.15, 0.2) is 5.60 Å². The summed E-state index contributed by atoms with van der Waals surface area (Å²) < 4.78 is 9.81. The molecule has 0 aromatic heterocycles. The van der Waals surface area contributed by atoms with Crippen molar-refractivity contribution >= 4 is 29.2 Å². The lowest BCUT2D eigenvalue weighted by atomic mass is 9.82. The molecule has 1 aliphatic heterocycles. The van der Waals surface area contributed by atoms with Crippen molar-refractivity contribution in [3.8, 4) is 5.75 Å². The first-order valence-electron chi connectivity index (χ1n) is 12.2. The summed E-state index contributed by atoms with van der Waals surface area (Å²) in [6.45, 7) is 2.01. The number of fused-ring (bicyclic) bond motifs is 1. The van der Waals surface area contributed by atoms with E-state index >= 15 is 0 Å². The second kappa shape index (κ2) is 12.5. The van der Waals surface area contributed by atoms with Crippen molar-refractivity contribution in [2.24, 2.45) is 5.92 Å². The number of nitrogens with one attached hydrogen (secondary N) is 1. The Bertz CT molecular complexity index is 1150. The smallest absolute Gasteiger partial charge is 0.305 e. The van der Waals surface area contributed by atoms with Crippen molar-refractivity contribution in [2.75, 3.05) is 37.6 Å². The lowest BCUT2D eigenvalue weighted by molar-refractivity contribution is -0.140. The maximum Gasteiger partial charge on any atom is 0.305 e. The number of anilines is 2. The highest BCUT2D eigenvalue weighted by atomic mass is 16.5. The molecular weight excluding hydrogens is 476 g/mol. The van der Waals surface area contributed by atoms with Gasteiger partial charge in [0.05, 0.1) is 19.9 Å². The number of methoxy groups -OCH3 is 2. The van der Waals surface area contributed by atoms with Crippen molar-refractivity contribution in [3.63, 3.8) is 0 Å². The number of rotatable bonds is 12. The predicted molar refractivity (Wildman–Crippen MR) is 140 cm³/mol. The third kappa shape index (κ3) is 6.18. The Labute approximate surface area is 216 Å². The fraction of sp³-hybridized carbons (Fsp3) is 0.393. The van der Waals surface area contributed by atoms with Gasteiger partial charge in [-0.25, -0.2) is 0 Å². The fourth-order valence-electron chi connectivity index (χ4n) is 4.35. The first-order chi connectivity index (χ1) is 17.8. The number of hydrogen-bond donors (Lipinski definition) is 3. The van der Waals surface area contributed by atoms with Gasteiger partial charge < -0.3 is 29.9 Å². The second-order valence-electron chi connectivity index (χ2n) is 8.90. The number of carbonyl (C=O) groups excluding carboxylic acids is 3. The summed E-state index contributed by atoms with van der Waals surface area (Å²) in [5.41, 5.74) is -0.0515. The molecule has 198 valence electrons. The lowest BCUT2D eigenvalue weighted by Crippen LogP contribution is -2.44. The Morgan fingerprint density at radius 2 is 1.86 bits per heavy atom. The molecule has 3 rings (SSSR count). The molecule has 0 bridgehead atoms. The monoisotopic (exact) mass is 510 g/mol. The van der Waals surface area contributed by atoms with E-state index in [4.69, 9.17) is 9.84 Å². The van der Waals surface area contributed by atoms with E-state index in [2.05, 4.69) is 10.1 Å². The van der Waals surface area contributed by atoms with E-state index in [1.165, 1.54) is 12.0 Å². The van der Waals surface area contributed by atoms with E-state index in [-0.39, 0.29) is 24.9 Å². The third-order valence-electron chi connectivity index (χ3n) is 6.50. The van der Waals surface area contributed by atoms with Gasteiger partial charge in [0.25, 0.3) is 11.8 Å². The van der Waals surface area contributed by atoms with Crippen LogP contribution in [-0.2, 0) is 19.9 Å². The van der Waals surface area contributed by atoms with Crippen LogP contribution in [0, 0.1) is 5.92 Å². The Balaban J connectivity index is 1.88. The van der Waals surface area contributed by atoms with Crippen LogP contribution in [0.15, 0.2) is 54.6 Å². The normalized spacial score (nSPS) is 17.5. The molecule has 0 spiro atoms. The van der Waals surface area contributed by atoms with Gasteiger partial charge in [-0.2, -0.15) is 0 Å². The summed E-state index contributed by atoms with van der Waals surface area (Å²) in [4.78, 5) is 39.3. The second-order valence-corrected chi connectivity index (χ2v) is 8.90. The molecule has 3 N–H and O–H groups in total. The molecule has 2 amide bonds. The number of aliphatic hydroxyl groups is 2. The fourth-order valence-corrected chi connectivity index (χ4v) is 4.35. The molecule has 9 nitrogen and oxygen atoms in total. The molecule has 0 fully saturated rings. The summed E-state index contributed by atoms with van der Waals surface area (Å²) in [5.74, 6) is -1.10. The highest BCUT2D eigenvalue weighted by Crippen LogP contribution is 2.46. The number of benzene rings is 2. The largest absolute Gasteiger partial charge is 0.497 e. The van der Waals surface area contributed by atoms with Crippen molar-refractivity contribution in [3.05, 3.63) is 65.7 Å². The van der Waals surface area contributed by atoms with Gasteiger partial charge in [-0.1, -0.05) is 19.1 Å². The molecule has 0 saturated carbocycles. The van der Waals surface area contributed by atoms with Crippen LogP contribution in [0.25, 0.3) is 0 Å². The number of unbranched alkanes of at least 4 members (excludes halogenated alkanes) is 1. The number of aliphatic hydroxyl groups excluding tert-OH is 1. The highest BCUT2D eigenvalue weighted by Gasteiger charge is 2.52. The average molecular weight is 511 g/mol. The van der Waals surface area contributed by atoms with Crippen LogP contribution in [-0.4, -0.2) is 55.4 Å². The Kier molecular flexibility index (Phi) is 9.43. The lowest BCUT2D eigenvalue weighted by Gasteiger charge is -2.28. The van der Waals surface area contributed by atoms with Crippen LogP contribution >= 0.6 is 0 Å². The molecule has 0 aliphatic carbocycles. The number of nitrogens with zero attached hydrogens (tertiary/aromatic N) is 1. The molecular formula is C28H34N2O7. The topological polar surface area (TPSA) is 125 Å². The molecule has 2 aromatic rings. The molecule has 9 heteroatoms. The first kappa shape index (κ1) is 27.9. The van der Waals surface area contributed by atoms with Gasteiger partial charge in [-0.05, 0) is 61.7 Å². The molecule has 1 heterocycles. The van der Waals surface area contributed by atoms with E-state index in [0.717, 1.165) is 0 Å². The zero-order valence-electron chi connectivity index (χ0n) is 21.4. The van der Waals surface area contributed by atoms with E-state index in [1.807, 2.05) is 0 Å². The molecule has 2 aromatic carbocycles. The summed E-state index contributed by atoms with van der Waals surface area (Å²) in [6.07, 6.45) is 5.15. The van der Waals surface area contributed by atoms with E-state index in [0.29, 0.717) is 54.1 Å². The molecule has 0 radical (unpaired) electrons. The summed E-state index contributed by atoms with van der Waals surface area (Å²) >= 11 is 0. The minimum atomic E-state index is -1.86. The van der Waals surface area contributed by atoms with Crippen LogP contribution in [0.4, 0.5) is 11.4 Å². The van der Waals surface area contributed by atoms with Gasteiger partial charge in [0, 0.05) is 42.3 Å². The SMILES string of the molecule is COC(=O)CCCCN1C(=O)[C@](O)([C@H](C)/C=C/CCO)c2cc(NC(=O)c3ccc(OC)cc3)ccc21. The zero-order valence-corrected chi connectivity index (χ0v) is 21.4. The van der Waals surface area contributed by atoms with E-state index < -0.39 is 17.4 Å². The van der Waals surface area contributed by atoms with Crippen LogP contribution in [0.1, 0.15) is 48.5 Å². The number of amides is 2. The van der Waals surface area contributed by atoms with Gasteiger partial charge in [-0.3, -0.25) is 14.4 Å². The molecule has 2 atom stereocenters. The van der Waals surface area contributed by atoms with E-state index in [1.54, 1.807) is 68.7 Å². The van der Waals surface area contributed by atoms with Gasteiger partial charge in [0.2, 0.25) is 0 Å². The number of carbonyl (C=O) groups is 3. The minimum absolute atomic E-state index is 0.0416. The Morgan fingerprint density at radius 3 is 2.51 bits per heavy atom. The zero-order chi connectivity index (χ0) is 27.0. The maximum absolute atomic E-state index is 13.6. The van der Waals surface area contributed by atoms with Gasteiger partial charge in [0.1, 0.15) is 5.75 Å². The van der Waals surface area contributed by atoms with Crippen LogP contribution < -0.4 is 15.0 Å². The first-order valence-corrected chi connectivity index (χ1v) is 12.2. The predicted octanol–water partition coefficient (Wildman–Crippen LogP) is 3.40. The molecule has 37 heavy (non-hydrogen) atoms. The number of esters is 1. The third-order valence-corrected chi connectivity index (χ3v) is 6.50. The van der Waals surface area contributed by atoms with E-state index in [9.17, 15) is 19.5 Å². The quantitative estimate of drug-likeness (QED) is 0.227. The molecule has 0 saturated heterocycles. The Hall–Kier alpha value is -3.69. The van der Waals surface area contributed by atoms with Gasteiger partial charge >= 0.3 is 5.97 Å². The average Bonchev–Trinajstić information content (AvgIpc) is 3.13. The molecule has 1 aliphatic rings. The minimum Gasteiger partial charge on any atom is -0.497 e. The van der Waals surface area contributed by atoms with Gasteiger partial charge in [-0.15, -0.1) is 0 Å². The summed E-state index contributed by atoms with van der Waals surface area (Å²) in [7, 11) is 2.88. The van der Waals surface area contributed by atoms with Crippen LogP contribution in [0.3, 0.4) is 0 Å². The standard InChI is InChI=1S/C28H34N2O7/c1-19(8-5-7-17-31)28(35)23-18-21(29-26(33)20-10-13-22(36-2)14-11-20)12-15-24(23)30(27(28)34)16-6-4-9-25(32)37-3/h5,8,10-15,18-19,31,35H,4,6-7,9,16-17H2,1-3H3,(H,29,33)/b8-5+/t19-,28+/m1/s1. The Morgan fingerprint density at radius 1 is 1.14 bits per heavy atom. The van der Waals surface area contributed by atoms with Crippen molar-refractivity contribution < 1.29 is 34.1 Å². The maximum atomic E-state index is 13.6. The summed E-state index contributed by atoms with van der Waals surface area (Å²) in [5, 5.41) is 23.7. The van der Waals surface area contributed by atoms with Crippen LogP contribution in [0.5, 0.6) is 5.75 Å². The number of hydrogen-bond acceptors (Lipinski definition) is 7. The van der Waals surface area contributed by atoms with Crippen molar-refractivity contribution in [2.45, 2.75) is 38.2 Å². The van der Waals surface area contributed by atoms with Crippen molar-refractivity contribution in [1.82, 2.24) is 0 Å².